The zero-order valence-electron chi connectivity index (χ0n) is 10.7. The zero-order valence-corrected chi connectivity index (χ0v) is 10.7. The average molecular weight is 256 g/mol. The van der Waals surface area contributed by atoms with Crippen molar-refractivity contribution in [1.82, 2.24) is 4.98 Å². The van der Waals surface area contributed by atoms with Crippen LogP contribution in [0.15, 0.2) is 53.8 Å². The van der Waals surface area contributed by atoms with Crippen LogP contribution in [-0.2, 0) is 6.54 Å². The summed E-state index contributed by atoms with van der Waals surface area (Å²) in [7, 11) is 1.94. The molecule has 0 amide bonds. The smallest absolute Gasteiger partial charge is 0.190 e. The maximum Gasteiger partial charge on any atom is 0.190 e. The number of aromatic nitrogens is 1. The second-order valence-corrected chi connectivity index (χ2v) is 4.20. The van der Waals surface area contributed by atoms with Gasteiger partial charge in [0, 0.05) is 19.8 Å². The van der Waals surface area contributed by atoms with Gasteiger partial charge in [0.05, 0.1) is 5.69 Å². The molecule has 1 heterocycles. The Kier molecular flexibility index (Phi) is 3.97. The van der Waals surface area contributed by atoms with Gasteiger partial charge >= 0.3 is 0 Å². The number of rotatable bonds is 4. The predicted molar refractivity (Wildman–Crippen MR) is 75.3 cm³/mol. The fraction of sp³-hybridized carbons (Fsp3) is 0.143. The molecule has 5 nitrogen and oxygen atoms in total. The number of anilines is 1. The van der Waals surface area contributed by atoms with E-state index >= 15 is 0 Å². The van der Waals surface area contributed by atoms with Crippen molar-refractivity contribution >= 4 is 11.5 Å². The van der Waals surface area contributed by atoms with Gasteiger partial charge in [0.15, 0.2) is 5.84 Å². The number of pyridine rings is 1. The lowest BCUT2D eigenvalue weighted by Gasteiger charge is -2.21. The second kappa shape index (κ2) is 5.86. The highest BCUT2D eigenvalue weighted by Gasteiger charge is 2.12. The molecule has 1 aromatic carbocycles. The first-order valence-electron chi connectivity index (χ1n) is 5.90. The number of amidine groups is 1. The van der Waals surface area contributed by atoms with E-state index in [0.717, 1.165) is 12.2 Å². The number of hydrogen-bond acceptors (Lipinski definition) is 4. The molecule has 0 fully saturated rings. The van der Waals surface area contributed by atoms with Gasteiger partial charge in [-0.15, -0.1) is 0 Å². The van der Waals surface area contributed by atoms with Gasteiger partial charge in [-0.2, -0.15) is 0 Å². The minimum Gasteiger partial charge on any atom is -0.409 e. The van der Waals surface area contributed by atoms with Crippen molar-refractivity contribution in [3.8, 4) is 0 Å². The summed E-state index contributed by atoms with van der Waals surface area (Å²) >= 11 is 0. The molecule has 0 spiro atoms. The number of nitrogens with zero attached hydrogens (tertiary/aromatic N) is 3. The average Bonchev–Trinajstić information content (AvgIpc) is 2.47. The predicted octanol–water partition coefficient (Wildman–Crippen LogP) is 1.81. The molecule has 3 N–H and O–H groups in total. The van der Waals surface area contributed by atoms with Gasteiger partial charge in [0.1, 0.15) is 5.69 Å². The highest BCUT2D eigenvalue weighted by molar-refractivity contribution is 6.00. The summed E-state index contributed by atoms with van der Waals surface area (Å²) in [5, 5.41) is 11.8. The van der Waals surface area contributed by atoms with Crippen LogP contribution in [0.3, 0.4) is 0 Å². The van der Waals surface area contributed by atoms with Crippen molar-refractivity contribution in [2.45, 2.75) is 6.54 Å². The molecular formula is C14H16N4O. The summed E-state index contributed by atoms with van der Waals surface area (Å²) < 4.78 is 0. The van der Waals surface area contributed by atoms with E-state index in [9.17, 15) is 0 Å². The third-order valence-electron chi connectivity index (χ3n) is 2.81. The number of oxime groups is 1. The lowest BCUT2D eigenvalue weighted by Crippen LogP contribution is -2.23. The molecule has 2 rings (SSSR count). The Morgan fingerprint density at radius 3 is 2.68 bits per heavy atom. The molecule has 2 aromatic rings. The van der Waals surface area contributed by atoms with E-state index in [4.69, 9.17) is 10.9 Å². The first-order valence-corrected chi connectivity index (χ1v) is 5.90. The van der Waals surface area contributed by atoms with Crippen LogP contribution in [0.2, 0.25) is 0 Å². The molecule has 0 aliphatic rings. The molecule has 0 bridgehead atoms. The molecule has 5 heteroatoms. The highest BCUT2D eigenvalue weighted by atomic mass is 16.4. The first-order chi connectivity index (χ1) is 9.22. The normalized spacial score (nSPS) is 11.3. The lowest BCUT2D eigenvalue weighted by atomic mass is 10.2. The Hall–Kier alpha value is -2.56. The van der Waals surface area contributed by atoms with Crippen molar-refractivity contribution in [2.24, 2.45) is 10.9 Å². The van der Waals surface area contributed by atoms with E-state index in [1.807, 2.05) is 42.3 Å². The molecule has 0 saturated heterocycles. The van der Waals surface area contributed by atoms with Crippen LogP contribution in [0.25, 0.3) is 0 Å². The topological polar surface area (TPSA) is 74.7 Å². The van der Waals surface area contributed by atoms with Crippen LogP contribution in [0.4, 0.5) is 5.69 Å². The Balaban J connectivity index is 2.27. The van der Waals surface area contributed by atoms with Crippen LogP contribution in [0, 0.1) is 0 Å². The third-order valence-corrected chi connectivity index (χ3v) is 2.81. The van der Waals surface area contributed by atoms with E-state index in [-0.39, 0.29) is 5.84 Å². The van der Waals surface area contributed by atoms with Gasteiger partial charge in [-0.25, -0.2) is 0 Å². The number of hydrogen-bond donors (Lipinski definition) is 2. The van der Waals surface area contributed by atoms with Crippen molar-refractivity contribution in [2.75, 3.05) is 11.9 Å². The summed E-state index contributed by atoms with van der Waals surface area (Å²) in [5.41, 5.74) is 8.11. The molecule has 0 unspecified atom stereocenters. The number of nitrogens with two attached hydrogens (primary N) is 1. The fourth-order valence-corrected chi connectivity index (χ4v) is 1.89. The monoisotopic (exact) mass is 256 g/mol. The largest absolute Gasteiger partial charge is 0.409 e. The zero-order chi connectivity index (χ0) is 13.7. The molecule has 0 radical (unpaired) electrons. The van der Waals surface area contributed by atoms with Gasteiger partial charge in [-0.1, -0.05) is 35.5 Å². The van der Waals surface area contributed by atoms with Gasteiger partial charge < -0.3 is 15.8 Å². The molecule has 19 heavy (non-hydrogen) atoms. The summed E-state index contributed by atoms with van der Waals surface area (Å²) in [4.78, 5) is 6.16. The van der Waals surface area contributed by atoms with Crippen molar-refractivity contribution in [3.63, 3.8) is 0 Å². The molecule has 0 aliphatic carbocycles. The third kappa shape index (κ3) is 3.01. The van der Waals surface area contributed by atoms with E-state index < -0.39 is 0 Å². The molecule has 0 aliphatic heterocycles. The van der Waals surface area contributed by atoms with Crippen molar-refractivity contribution in [1.29, 1.82) is 0 Å². The van der Waals surface area contributed by atoms with Crippen LogP contribution in [0.1, 0.15) is 11.3 Å². The first kappa shape index (κ1) is 12.9. The number of benzene rings is 1. The molecule has 0 saturated carbocycles. The standard InChI is InChI=1S/C14H16N4O/c1-18(10-11-6-3-2-4-7-11)12-8-5-9-16-13(12)14(15)17-19/h2-9,19H,10H2,1H3,(H2,15,17). The maximum absolute atomic E-state index is 8.79. The second-order valence-electron chi connectivity index (χ2n) is 4.20. The Morgan fingerprint density at radius 1 is 1.26 bits per heavy atom. The van der Waals surface area contributed by atoms with Gasteiger partial charge in [0.2, 0.25) is 0 Å². The summed E-state index contributed by atoms with van der Waals surface area (Å²) in [5.74, 6) is 0.00973. The van der Waals surface area contributed by atoms with E-state index in [1.54, 1.807) is 6.20 Å². The minimum atomic E-state index is 0.00973. The summed E-state index contributed by atoms with van der Waals surface area (Å²) in [6.07, 6.45) is 1.62. The summed E-state index contributed by atoms with van der Waals surface area (Å²) in [6, 6.07) is 13.8. The molecule has 1 aromatic heterocycles. The fourth-order valence-electron chi connectivity index (χ4n) is 1.89. The van der Waals surface area contributed by atoms with E-state index in [1.165, 1.54) is 5.56 Å². The minimum absolute atomic E-state index is 0.00973. The van der Waals surface area contributed by atoms with Gasteiger partial charge in [0.25, 0.3) is 0 Å². The van der Waals surface area contributed by atoms with Crippen molar-refractivity contribution < 1.29 is 5.21 Å². The Morgan fingerprint density at radius 2 is 2.00 bits per heavy atom. The summed E-state index contributed by atoms with van der Waals surface area (Å²) in [6.45, 7) is 0.720. The van der Waals surface area contributed by atoms with Crippen LogP contribution >= 0.6 is 0 Å². The molecular weight excluding hydrogens is 240 g/mol. The van der Waals surface area contributed by atoms with Crippen LogP contribution < -0.4 is 10.6 Å². The Bertz CT molecular complexity index is 569. The van der Waals surface area contributed by atoms with E-state index in [0.29, 0.717) is 5.69 Å². The lowest BCUT2D eigenvalue weighted by molar-refractivity contribution is 0.318. The quantitative estimate of drug-likeness (QED) is 0.378. The highest BCUT2D eigenvalue weighted by Crippen LogP contribution is 2.18. The van der Waals surface area contributed by atoms with Crippen molar-refractivity contribution in [3.05, 3.63) is 59.9 Å². The van der Waals surface area contributed by atoms with Gasteiger partial charge in [-0.05, 0) is 17.7 Å². The molecule has 98 valence electrons. The van der Waals surface area contributed by atoms with E-state index in [2.05, 4.69) is 22.3 Å². The van der Waals surface area contributed by atoms with Gasteiger partial charge in [-0.3, -0.25) is 4.98 Å². The molecule has 0 atom stereocenters. The Labute approximate surface area is 112 Å². The van der Waals surface area contributed by atoms with Crippen LogP contribution in [0.5, 0.6) is 0 Å². The maximum atomic E-state index is 8.79. The van der Waals surface area contributed by atoms with Crippen LogP contribution in [-0.4, -0.2) is 23.1 Å². The SMILES string of the molecule is CN(Cc1ccccc1)c1cccnc1/C(N)=N/O.